The van der Waals surface area contributed by atoms with Crippen molar-refractivity contribution in [2.75, 3.05) is 31.6 Å². The highest BCUT2D eigenvalue weighted by molar-refractivity contribution is 6.01. The van der Waals surface area contributed by atoms with Crippen LogP contribution < -0.4 is 10.2 Å². The predicted octanol–water partition coefficient (Wildman–Crippen LogP) is 2.80. The van der Waals surface area contributed by atoms with Gasteiger partial charge in [0.1, 0.15) is 0 Å². The summed E-state index contributed by atoms with van der Waals surface area (Å²) in [5, 5.41) is 3.30. The van der Waals surface area contributed by atoms with E-state index in [9.17, 15) is 9.59 Å². The maximum Gasteiger partial charge on any atom is 0.228 e. The Labute approximate surface area is 162 Å². The van der Waals surface area contributed by atoms with Crippen molar-refractivity contribution in [2.45, 2.75) is 45.1 Å². The van der Waals surface area contributed by atoms with E-state index >= 15 is 0 Å². The largest absolute Gasteiger partial charge is 0.341 e. The Morgan fingerprint density at radius 1 is 1.38 bits per heavy atom. The van der Waals surface area contributed by atoms with Crippen molar-refractivity contribution in [1.29, 1.82) is 0 Å². The molecule has 0 aromatic heterocycles. The molecule has 0 radical (unpaired) electrons. The van der Waals surface area contributed by atoms with Crippen LogP contribution in [0.4, 0.5) is 5.69 Å². The van der Waals surface area contributed by atoms with Crippen LogP contribution in [0.1, 0.15) is 44.6 Å². The molecule has 0 bridgehead atoms. The van der Waals surface area contributed by atoms with Gasteiger partial charge in [0.05, 0.1) is 5.92 Å². The van der Waals surface area contributed by atoms with Gasteiger partial charge < -0.3 is 15.1 Å². The van der Waals surface area contributed by atoms with Crippen molar-refractivity contribution in [3.05, 3.63) is 29.8 Å². The lowest BCUT2D eigenvalue weighted by molar-refractivity contribution is -0.136. The molecule has 26 heavy (non-hydrogen) atoms. The number of hydrogen-bond acceptors (Lipinski definition) is 3. The first-order chi connectivity index (χ1) is 12.0. The molecule has 2 heterocycles. The maximum absolute atomic E-state index is 12.8. The Bertz CT molecular complexity index is 646. The summed E-state index contributed by atoms with van der Waals surface area (Å²) in [6.45, 7) is 6.65. The minimum atomic E-state index is -0.233. The lowest BCUT2D eigenvalue weighted by atomic mass is 9.96. The number of rotatable bonds is 5. The molecule has 3 unspecified atom stereocenters. The summed E-state index contributed by atoms with van der Waals surface area (Å²) in [5.41, 5.74) is 2.17. The molecule has 2 fully saturated rings. The van der Waals surface area contributed by atoms with Crippen LogP contribution >= 0.6 is 12.4 Å². The molecular formula is C20H30ClN3O2. The first-order valence-electron chi connectivity index (χ1n) is 9.39. The Hall–Kier alpha value is -1.59. The van der Waals surface area contributed by atoms with Gasteiger partial charge >= 0.3 is 0 Å². The van der Waals surface area contributed by atoms with Crippen molar-refractivity contribution < 1.29 is 9.59 Å². The Kier molecular flexibility index (Phi) is 7.07. The second-order valence-electron chi connectivity index (χ2n) is 7.37. The number of carbonyl (C=O) groups excluding carboxylic acids is 2. The molecule has 3 atom stereocenters. The van der Waals surface area contributed by atoms with Gasteiger partial charge in [0.25, 0.3) is 0 Å². The van der Waals surface area contributed by atoms with Crippen LogP contribution in [0.2, 0.25) is 0 Å². The molecule has 1 N–H and O–H groups in total. The third kappa shape index (κ3) is 4.04. The summed E-state index contributed by atoms with van der Waals surface area (Å²) >= 11 is 0. The van der Waals surface area contributed by atoms with Crippen LogP contribution in [0.5, 0.6) is 0 Å². The molecule has 2 aliphatic rings. The number of amides is 2. The molecule has 2 saturated heterocycles. The summed E-state index contributed by atoms with van der Waals surface area (Å²) in [7, 11) is 1.88. The molecule has 0 aliphatic carbocycles. The molecule has 6 heteroatoms. The average molecular weight is 380 g/mol. The monoisotopic (exact) mass is 379 g/mol. The Balaban J connectivity index is 0.00000243. The van der Waals surface area contributed by atoms with Crippen molar-refractivity contribution in [3.63, 3.8) is 0 Å². The fourth-order valence-electron chi connectivity index (χ4n) is 3.91. The second kappa shape index (κ2) is 8.87. The van der Waals surface area contributed by atoms with E-state index in [0.29, 0.717) is 18.9 Å². The molecule has 5 nitrogen and oxygen atoms in total. The third-order valence-electron chi connectivity index (χ3n) is 5.77. The standard InChI is InChI=1S/C20H29N3O2.ClH/c1-4-14(2)17-7-5-6-8-18(17)23-13-15(11-19(23)24)20(25)22(3)16-9-10-21-12-16;/h5-8,14-16,21H,4,9-13H2,1-3H3;1H. The van der Waals surface area contributed by atoms with E-state index in [1.807, 2.05) is 35.0 Å². The maximum atomic E-state index is 12.8. The van der Waals surface area contributed by atoms with Gasteiger partial charge in [0.2, 0.25) is 11.8 Å². The number of nitrogens with one attached hydrogen (secondary N) is 1. The van der Waals surface area contributed by atoms with Gasteiger partial charge in [-0.3, -0.25) is 9.59 Å². The molecule has 3 rings (SSSR count). The van der Waals surface area contributed by atoms with E-state index in [1.54, 1.807) is 0 Å². The second-order valence-corrected chi connectivity index (χ2v) is 7.37. The number of para-hydroxylation sites is 1. The SMILES string of the molecule is CCC(C)c1ccccc1N1CC(C(=O)N(C)C2CCNC2)CC1=O.Cl. The molecule has 2 aliphatic heterocycles. The number of anilines is 1. The van der Waals surface area contributed by atoms with Crippen molar-refractivity contribution in [1.82, 2.24) is 10.2 Å². The number of benzene rings is 1. The number of likely N-dealkylation sites (N-methyl/N-ethyl adjacent to an activating group) is 1. The van der Waals surface area contributed by atoms with Crippen molar-refractivity contribution in [2.24, 2.45) is 5.92 Å². The number of hydrogen-bond donors (Lipinski definition) is 1. The van der Waals surface area contributed by atoms with Crippen LogP contribution in [0, 0.1) is 5.92 Å². The molecule has 2 amide bonds. The van der Waals surface area contributed by atoms with Crippen LogP contribution in [0.15, 0.2) is 24.3 Å². The van der Waals surface area contributed by atoms with E-state index in [-0.39, 0.29) is 36.2 Å². The molecule has 0 saturated carbocycles. The van der Waals surface area contributed by atoms with Gasteiger partial charge in [-0.15, -0.1) is 12.4 Å². The van der Waals surface area contributed by atoms with E-state index in [2.05, 4.69) is 25.2 Å². The molecule has 1 aromatic carbocycles. The first-order valence-corrected chi connectivity index (χ1v) is 9.39. The minimum Gasteiger partial charge on any atom is -0.341 e. The van der Waals surface area contributed by atoms with Crippen LogP contribution in [-0.2, 0) is 9.59 Å². The zero-order valence-corrected chi connectivity index (χ0v) is 16.7. The lowest BCUT2D eigenvalue weighted by Crippen LogP contribution is -2.42. The van der Waals surface area contributed by atoms with Crippen LogP contribution in [0.3, 0.4) is 0 Å². The molecular weight excluding hydrogens is 350 g/mol. The van der Waals surface area contributed by atoms with Gasteiger partial charge in [-0.25, -0.2) is 0 Å². The Morgan fingerprint density at radius 3 is 2.77 bits per heavy atom. The lowest BCUT2D eigenvalue weighted by Gasteiger charge is -2.27. The van der Waals surface area contributed by atoms with Crippen molar-refractivity contribution >= 4 is 29.9 Å². The topological polar surface area (TPSA) is 52.7 Å². The fourth-order valence-corrected chi connectivity index (χ4v) is 3.91. The highest BCUT2D eigenvalue weighted by Crippen LogP contribution is 2.34. The highest BCUT2D eigenvalue weighted by atomic mass is 35.5. The normalized spacial score (nSPS) is 23.7. The summed E-state index contributed by atoms with van der Waals surface area (Å²) in [6.07, 6.45) is 2.33. The summed E-state index contributed by atoms with van der Waals surface area (Å²) in [6, 6.07) is 8.36. The zero-order chi connectivity index (χ0) is 18.0. The summed E-state index contributed by atoms with van der Waals surface area (Å²) in [5.74, 6) is 0.326. The zero-order valence-electron chi connectivity index (χ0n) is 15.9. The van der Waals surface area contributed by atoms with Gasteiger partial charge in [-0.2, -0.15) is 0 Å². The van der Waals surface area contributed by atoms with Gasteiger partial charge in [-0.05, 0) is 36.9 Å². The Morgan fingerprint density at radius 2 is 2.12 bits per heavy atom. The molecule has 0 spiro atoms. The quantitative estimate of drug-likeness (QED) is 0.855. The van der Waals surface area contributed by atoms with E-state index in [0.717, 1.165) is 31.6 Å². The summed E-state index contributed by atoms with van der Waals surface area (Å²) < 4.78 is 0. The minimum absolute atomic E-state index is 0. The van der Waals surface area contributed by atoms with Crippen molar-refractivity contribution in [3.8, 4) is 0 Å². The van der Waals surface area contributed by atoms with E-state index in [4.69, 9.17) is 0 Å². The first kappa shape index (κ1) is 20.7. The average Bonchev–Trinajstić information content (AvgIpc) is 3.29. The number of carbonyl (C=O) groups is 2. The number of halogens is 1. The van der Waals surface area contributed by atoms with Gasteiger partial charge in [0, 0.05) is 38.3 Å². The van der Waals surface area contributed by atoms with E-state index < -0.39 is 0 Å². The predicted molar refractivity (Wildman–Crippen MR) is 107 cm³/mol. The van der Waals surface area contributed by atoms with Crippen LogP contribution in [0.25, 0.3) is 0 Å². The fraction of sp³-hybridized carbons (Fsp3) is 0.600. The van der Waals surface area contributed by atoms with Crippen LogP contribution in [-0.4, -0.2) is 49.4 Å². The summed E-state index contributed by atoms with van der Waals surface area (Å²) in [4.78, 5) is 29.2. The smallest absolute Gasteiger partial charge is 0.228 e. The van der Waals surface area contributed by atoms with Gasteiger partial charge in [-0.1, -0.05) is 32.0 Å². The van der Waals surface area contributed by atoms with E-state index in [1.165, 1.54) is 5.56 Å². The highest BCUT2D eigenvalue weighted by Gasteiger charge is 2.39. The van der Waals surface area contributed by atoms with Gasteiger partial charge in [0.15, 0.2) is 0 Å². The number of nitrogens with zero attached hydrogens (tertiary/aromatic N) is 2. The molecule has 144 valence electrons. The molecule has 1 aromatic rings. The third-order valence-corrected chi connectivity index (χ3v) is 5.77.